The minimum Gasteiger partial charge on any atom is -0.341 e. The molecule has 2 rings (SSSR count). The van der Waals surface area contributed by atoms with E-state index >= 15 is 0 Å². The predicted octanol–water partition coefficient (Wildman–Crippen LogP) is 2.03. The Hall–Kier alpha value is -0.220. The summed E-state index contributed by atoms with van der Waals surface area (Å²) in [6, 6.07) is 0.747. The van der Waals surface area contributed by atoms with Crippen molar-refractivity contribution in [3.8, 4) is 0 Å². The van der Waals surface area contributed by atoms with Crippen molar-refractivity contribution in [2.45, 2.75) is 45.1 Å². The van der Waals surface area contributed by atoms with Gasteiger partial charge in [-0.3, -0.25) is 9.69 Å². The molecule has 2 saturated heterocycles. The number of carbonyl (C=O) groups is 1. The van der Waals surface area contributed by atoms with E-state index in [1.807, 2.05) is 4.90 Å². The third-order valence-electron chi connectivity index (χ3n) is 4.43. The van der Waals surface area contributed by atoms with Gasteiger partial charge < -0.3 is 4.90 Å². The molecule has 0 aromatic rings. The lowest BCUT2D eigenvalue weighted by Crippen LogP contribution is -2.44. The van der Waals surface area contributed by atoms with Crippen LogP contribution in [-0.4, -0.2) is 53.7 Å². The van der Waals surface area contributed by atoms with Crippen LogP contribution in [0.3, 0.4) is 0 Å². The average molecular weight is 270 g/mol. The summed E-state index contributed by atoms with van der Waals surface area (Å²) in [5.41, 5.74) is 0. The smallest absolute Gasteiger partial charge is 0.222 e. The Kier molecular flexibility index (Phi) is 5.37. The Balaban J connectivity index is 1.78. The molecule has 0 aromatic carbocycles. The van der Waals surface area contributed by atoms with Crippen LogP contribution in [0.4, 0.5) is 0 Å². The summed E-state index contributed by atoms with van der Waals surface area (Å²) in [5, 5.41) is 0. The number of rotatable bonds is 5. The Labute approximate surface area is 116 Å². The van der Waals surface area contributed by atoms with Crippen LogP contribution in [0, 0.1) is 5.92 Å². The third-order valence-corrected chi connectivity index (χ3v) is 4.95. The molecule has 104 valence electrons. The van der Waals surface area contributed by atoms with Gasteiger partial charge in [0.1, 0.15) is 0 Å². The van der Waals surface area contributed by atoms with E-state index in [0.717, 1.165) is 31.4 Å². The van der Waals surface area contributed by atoms with E-state index in [4.69, 9.17) is 0 Å². The number of nitrogens with zero attached hydrogens (tertiary/aromatic N) is 2. The molecule has 2 fully saturated rings. The van der Waals surface area contributed by atoms with Gasteiger partial charge in [0.15, 0.2) is 0 Å². The Morgan fingerprint density at radius 2 is 2.17 bits per heavy atom. The molecule has 0 aromatic heterocycles. The van der Waals surface area contributed by atoms with Crippen LogP contribution < -0.4 is 0 Å². The summed E-state index contributed by atoms with van der Waals surface area (Å²) in [6.07, 6.45) is 5.99. The van der Waals surface area contributed by atoms with Crippen LogP contribution in [0.25, 0.3) is 0 Å². The van der Waals surface area contributed by atoms with Crippen LogP contribution in [0.2, 0.25) is 0 Å². The lowest BCUT2D eigenvalue weighted by Gasteiger charge is -2.36. The Morgan fingerprint density at radius 1 is 1.33 bits per heavy atom. The number of piperidine rings is 1. The van der Waals surface area contributed by atoms with E-state index in [-0.39, 0.29) is 0 Å². The molecule has 2 heterocycles. The second-order valence-electron chi connectivity index (χ2n) is 5.69. The summed E-state index contributed by atoms with van der Waals surface area (Å²) in [6.45, 7) is 6.40. The van der Waals surface area contributed by atoms with Crippen molar-refractivity contribution >= 4 is 18.5 Å². The van der Waals surface area contributed by atoms with Crippen molar-refractivity contribution in [2.24, 2.45) is 5.92 Å². The van der Waals surface area contributed by atoms with Gasteiger partial charge in [-0.05, 0) is 37.5 Å². The van der Waals surface area contributed by atoms with Crippen molar-refractivity contribution < 1.29 is 4.79 Å². The quantitative estimate of drug-likeness (QED) is 0.773. The van der Waals surface area contributed by atoms with Crippen molar-refractivity contribution in [3.05, 3.63) is 0 Å². The molecule has 2 aliphatic heterocycles. The van der Waals surface area contributed by atoms with Crippen molar-refractivity contribution in [1.29, 1.82) is 0 Å². The number of carbonyl (C=O) groups excluding carboxylic acids is 1. The molecule has 0 saturated carbocycles. The zero-order valence-electron chi connectivity index (χ0n) is 11.5. The van der Waals surface area contributed by atoms with Gasteiger partial charge in [0.05, 0.1) is 0 Å². The van der Waals surface area contributed by atoms with E-state index in [1.54, 1.807) is 0 Å². The fourth-order valence-corrected chi connectivity index (χ4v) is 3.50. The van der Waals surface area contributed by atoms with Gasteiger partial charge in [0.2, 0.25) is 5.91 Å². The zero-order valence-corrected chi connectivity index (χ0v) is 12.4. The van der Waals surface area contributed by atoms with Gasteiger partial charge in [0, 0.05) is 32.1 Å². The molecule has 0 spiro atoms. The van der Waals surface area contributed by atoms with Crippen LogP contribution in [0.5, 0.6) is 0 Å². The van der Waals surface area contributed by atoms with E-state index in [0.29, 0.717) is 18.2 Å². The second kappa shape index (κ2) is 6.80. The van der Waals surface area contributed by atoms with E-state index in [9.17, 15) is 4.79 Å². The normalized spacial score (nSPS) is 30.1. The molecular formula is C14H26N2OS. The SMILES string of the molecule is CCC1CCCCN1CCN1CC(CS)CC1=O. The molecule has 4 heteroatoms. The van der Waals surface area contributed by atoms with Gasteiger partial charge in [0.25, 0.3) is 0 Å². The maximum absolute atomic E-state index is 11.8. The molecule has 2 atom stereocenters. The molecule has 2 unspecified atom stereocenters. The Morgan fingerprint density at radius 3 is 2.83 bits per heavy atom. The summed E-state index contributed by atoms with van der Waals surface area (Å²) < 4.78 is 0. The highest BCUT2D eigenvalue weighted by atomic mass is 32.1. The largest absolute Gasteiger partial charge is 0.341 e. The molecule has 18 heavy (non-hydrogen) atoms. The first-order chi connectivity index (χ1) is 8.74. The highest BCUT2D eigenvalue weighted by Crippen LogP contribution is 2.21. The first-order valence-corrected chi connectivity index (χ1v) is 8.00. The minimum atomic E-state index is 0.333. The molecule has 0 N–H and O–H groups in total. The molecule has 0 bridgehead atoms. The fraction of sp³-hybridized carbons (Fsp3) is 0.929. The number of hydrogen-bond donors (Lipinski definition) is 1. The summed E-state index contributed by atoms with van der Waals surface area (Å²) >= 11 is 4.31. The second-order valence-corrected chi connectivity index (χ2v) is 6.05. The predicted molar refractivity (Wildman–Crippen MR) is 78.0 cm³/mol. The monoisotopic (exact) mass is 270 g/mol. The van der Waals surface area contributed by atoms with Crippen molar-refractivity contribution in [3.63, 3.8) is 0 Å². The molecule has 1 amide bonds. The van der Waals surface area contributed by atoms with Crippen LogP contribution >= 0.6 is 12.6 Å². The zero-order chi connectivity index (χ0) is 13.0. The van der Waals surface area contributed by atoms with E-state index in [2.05, 4.69) is 24.5 Å². The van der Waals surface area contributed by atoms with Gasteiger partial charge >= 0.3 is 0 Å². The lowest BCUT2D eigenvalue weighted by molar-refractivity contribution is -0.128. The summed E-state index contributed by atoms with van der Waals surface area (Å²) in [4.78, 5) is 16.5. The van der Waals surface area contributed by atoms with Crippen LogP contribution in [0.1, 0.15) is 39.0 Å². The molecule has 0 radical (unpaired) electrons. The van der Waals surface area contributed by atoms with Crippen molar-refractivity contribution in [1.82, 2.24) is 9.80 Å². The topological polar surface area (TPSA) is 23.6 Å². The van der Waals surface area contributed by atoms with Crippen LogP contribution in [-0.2, 0) is 4.79 Å². The standard InChI is InChI=1S/C14H26N2OS/c1-2-13-5-3-4-6-15(13)7-8-16-10-12(11-18)9-14(16)17/h12-13,18H,2-11H2,1H3. The van der Waals surface area contributed by atoms with Gasteiger partial charge in [-0.1, -0.05) is 13.3 Å². The first-order valence-electron chi connectivity index (χ1n) is 7.37. The highest BCUT2D eigenvalue weighted by Gasteiger charge is 2.29. The number of amides is 1. The van der Waals surface area contributed by atoms with E-state index < -0.39 is 0 Å². The van der Waals surface area contributed by atoms with Crippen LogP contribution in [0.15, 0.2) is 0 Å². The third kappa shape index (κ3) is 3.41. The van der Waals surface area contributed by atoms with Gasteiger partial charge in [-0.2, -0.15) is 12.6 Å². The highest BCUT2D eigenvalue weighted by molar-refractivity contribution is 7.80. The average Bonchev–Trinajstić information content (AvgIpc) is 2.77. The fourth-order valence-electron chi connectivity index (χ4n) is 3.26. The molecular weight excluding hydrogens is 244 g/mol. The van der Waals surface area contributed by atoms with Gasteiger partial charge in [-0.15, -0.1) is 0 Å². The molecule has 3 nitrogen and oxygen atoms in total. The maximum Gasteiger partial charge on any atom is 0.222 e. The molecule has 2 aliphatic rings. The summed E-state index contributed by atoms with van der Waals surface area (Å²) in [7, 11) is 0. The first kappa shape index (κ1) is 14.2. The van der Waals surface area contributed by atoms with E-state index in [1.165, 1.54) is 32.2 Å². The lowest BCUT2D eigenvalue weighted by atomic mass is 10.0. The minimum absolute atomic E-state index is 0.333. The Bertz CT molecular complexity index is 285. The molecule has 0 aliphatic carbocycles. The number of hydrogen-bond acceptors (Lipinski definition) is 3. The van der Waals surface area contributed by atoms with Crippen molar-refractivity contribution in [2.75, 3.05) is 31.9 Å². The number of thiol groups is 1. The van der Waals surface area contributed by atoms with Gasteiger partial charge in [-0.25, -0.2) is 0 Å². The number of likely N-dealkylation sites (tertiary alicyclic amines) is 2. The maximum atomic E-state index is 11.8. The summed E-state index contributed by atoms with van der Waals surface area (Å²) in [5.74, 6) is 1.65.